The summed E-state index contributed by atoms with van der Waals surface area (Å²) in [6, 6.07) is 17.3. The van der Waals surface area contributed by atoms with E-state index < -0.39 is 0 Å². The van der Waals surface area contributed by atoms with Gasteiger partial charge in [0.25, 0.3) is 0 Å². The number of hydrogen-bond donors (Lipinski definition) is 0. The molecule has 0 N–H and O–H groups in total. The van der Waals surface area contributed by atoms with E-state index in [1.54, 1.807) is 0 Å². The van der Waals surface area contributed by atoms with Crippen LogP contribution in [0.25, 0.3) is 0 Å². The Morgan fingerprint density at radius 2 is 1.48 bits per heavy atom. The zero-order chi connectivity index (χ0) is 17.4. The van der Waals surface area contributed by atoms with Crippen LogP contribution in [0.3, 0.4) is 0 Å². The number of nitrogens with zero attached hydrogens (tertiary/aromatic N) is 1. The fraction of sp³-hybridized carbons (Fsp3) is 0.217. The van der Waals surface area contributed by atoms with Crippen molar-refractivity contribution < 1.29 is 0 Å². The van der Waals surface area contributed by atoms with Crippen molar-refractivity contribution in [2.24, 2.45) is 11.3 Å². The molecule has 0 spiro atoms. The topological polar surface area (TPSA) is 3.24 Å². The maximum Gasteiger partial charge on any atom is 0.0601 e. The van der Waals surface area contributed by atoms with Gasteiger partial charge in [-0.1, -0.05) is 75.0 Å². The molecule has 0 saturated heterocycles. The van der Waals surface area contributed by atoms with Crippen molar-refractivity contribution in [1.29, 1.82) is 0 Å². The third kappa shape index (κ3) is 2.85. The standard InChI is InChI=1S/C23H23NS/c1-17(2)23(3)15-8-9-18(14-16-23)24-19-10-4-6-12-21(19)25-22-13-7-5-11-20(22)24/h4-17H,1-3H3. The van der Waals surface area contributed by atoms with Crippen molar-refractivity contribution in [3.8, 4) is 0 Å². The lowest BCUT2D eigenvalue weighted by Gasteiger charge is -2.33. The largest absolute Gasteiger partial charge is 0.308 e. The van der Waals surface area contributed by atoms with E-state index in [0.29, 0.717) is 5.92 Å². The van der Waals surface area contributed by atoms with E-state index in [1.165, 1.54) is 26.9 Å². The highest BCUT2D eigenvalue weighted by molar-refractivity contribution is 7.99. The molecule has 1 aliphatic carbocycles. The van der Waals surface area contributed by atoms with Gasteiger partial charge in [-0.25, -0.2) is 0 Å². The Morgan fingerprint density at radius 3 is 2.08 bits per heavy atom. The molecule has 2 heteroatoms. The van der Waals surface area contributed by atoms with Crippen molar-refractivity contribution >= 4 is 23.1 Å². The zero-order valence-electron chi connectivity index (χ0n) is 14.9. The van der Waals surface area contributed by atoms with Crippen LogP contribution in [-0.2, 0) is 0 Å². The van der Waals surface area contributed by atoms with Crippen molar-refractivity contribution in [1.82, 2.24) is 0 Å². The van der Waals surface area contributed by atoms with Crippen molar-refractivity contribution in [3.63, 3.8) is 0 Å². The molecular weight excluding hydrogens is 322 g/mol. The molecule has 0 saturated carbocycles. The Kier molecular flexibility index (Phi) is 4.09. The Morgan fingerprint density at radius 1 is 0.880 bits per heavy atom. The monoisotopic (exact) mass is 345 g/mol. The lowest BCUT2D eigenvalue weighted by atomic mass is 9.79. The SMILES string of the molecule is CC(C)C1(C)C=CC=C(N2c3ccccc3Sc3ccccc32)C=C1. The van der Waals surface area contributed by atoms with E-state index in [2.05, 4.69) is 105 Å². The van der Waals surface area contributed by atoms with Gasteiger partial charge in [-0.05, 0) is 42.3 Å². The predicted octanol–water partition coefficient (Wildman–Crippen LogP) is 6.96. The van der Waals surface area contributed by atoms with Gasteiger partial charge in [0.05, 0.1) is 11.4 Å². The van der Waals surface area contributed by atoms with Crippen LogP contribution in [0, 0.1) is 11.3 Å². The van der Waals surface area contributed by atoms with E-state index >= 15 is 0 Å². The van der Waals surface area contributed by atoms with Crippen LogP contribution in [0.4, 0.5) is 11.4 Å². The van der Waals surface area contributed by atoms with E-state index in [9.17, 15) is 0 Å². The molecular formula is C23H23NS. The van der Waals surface area contributed by atoms with Crippen molar-refractivity contribution in [2.45, 2.75) is 30.6 Å². The average Bonchev–Trinajstić information content (AvgIpc) is 2.82. The summed E-state index contributed by atoms with van der Waals surface area (Å²) in [5, 5.41) is 0. The highest BCUT2D eigenvalue weighted by Gasteiger charge is 2.27. The third-order valence-electron chi connectivity index (χ3n) is 5.27. The highest BCUT2D eigenvalue weighted by atomic mass is 32.2. The van der Waals surface area contributed by atoms with Gasteiger partial charge in [0.15, 0.2) is 0 Å². The predicted molar refractivity (Wildman–Crippen MR) is 108 cm³/mol. The lowest BCUT2D eigenvalue weighted by molar-refractivity contribution is 0.383. The number of rotatable bonds is 2. The smallest absolute Gasteiger partial charge is 0.0601 e. The fourth-order valence-electron chi connectivity index (χ4n) is 3.25. The van der Waals surface area contributed by atoms with Gasteiger partial charge in [0.1, 0.15) is 0 Å². The average molecular weight is 346 g/mol. The van der Waals surface area contributed by atoms with Crippen molar-refractivity contribution in [3.05, 3.63) is 84.6 Å². The Bertz CT molecular complexity index is 845. The summed E-state index contributed by atoms with van der Waals surface area (Å²) in [6.07, 6.45) is 11.4. The van der Waals surface area contributed by atoms with Gasteiger partial charge in [0.2, 0.25) is 0 Å². The molecule has 1 atom stereocenters. The summed E-state index contributed by atoms with van der Waals surface area (Å²) < 4.78 is 0. The molecule has 0 bridgehead atoms. The number of allylic oxidation sites excluding steroid dienone is 5. The number of hydrogen-bond acceptors (Lipinski definition) is 2. The normalized spacial score (nSPS) is 21.6. The van der Waals surface area contributed by atoms with E-state index in [4.69, 9.17) is 0 Å². The van der Waals surface area contributed by atoms with E-state index in [0.717, 1.165) is 0 Å². The van der Waals surface area contributed by atoms with Crippen LogP contribution >= 0.6 is 11.8 Å². The molecule has 2 aromatic carbocycles. The molecule has 1 nitrogen and oxygen atoms in total. The van der Waals surface area contributed by atoms with Crippen LogP contribution in [-0.4, -0.2) is 0 Å². The molecule has 0 amide bonds. The molecule has 0 fully saturated rings. The van der Waals surface area contributed by atoms with Gasteiger partial charge in [-0.15, -0.1) is 0 Å². The maximum atomic E-state index is 2.38. The second-order valence-electron chi connectivity index (χ2n) is 7.18. The zero-order valence-corrected chi connectivity index (χ0v) is 15.8. The summed E-state index contributed by atoms with van der Waals surface area (Å²) >= 11 is 1.85. The van der Waals surface area contributed by atoms with Crippen LogP contribution in [0.5, 0.6) is 0 Å². The number of para-hydroxylation sites is 2. The second kappa shape index (κ2) is 6.27. The molecule has 25 heavy (non-hydrogen) atoms. The number of fused-ring (bicyclic) bond motifs is 2. The van der Waals surface area contributed by atoms with Gasteiger partial charge in [-0.2, -0.15) is 0 Å². The first-order valence-electron chi connectivity index (χ1n) is 8.83. The number of anilines is 2. The van der Waals surface area contributed by atoms with Gasteiger partial charge in [0, 0.05) is 20.9 Å². The third-order valence-corrected chi connectivity index (χ3v) is 6.40. The minimum atomic E-state index is 0.0851. The minimum absolute atomic E-state index is 0.0851. The summed E-state index contributed by atoms with van der Waals surface area (Å²) in [4.78, 5) is 4.99. The second-order valence-corrected chi connectivity index (χ2v) is 8.26. The summed E-state index contributed by atoms with van der Waals surface area (Å²) in [5.74, 6) is 0.559. The maximum absolute atomic E-state index is 2.38. The first-order valence-corrected chi connectivity index (χ1v) is 9.65. The van der Waals surface area contributed by atoms with Gasteiger partial charge < -0.3 is 4.90 Å². The van der Waals surface area contributed by atoms with Gasteiger partial charge in [-0.3, -0.25) is 0 Å². The molecule has 1 heterocycles. The molecule has 1 unspecified atom stereocenters. The van der Waals surface area contributed by atoms with E-state index in [-0.39, 0.29) is 5.41 Å². The van der Waals surface area contributed by atoms with Crippen LogP contribution < -0.4 is 4.90 Å². The first kappa shape index (κ1) is 16.3. The Hall–Kier alpha value is -2.19. The molecule has 0 radical (unpaired) electrons. The lowest BCUT2D eigenvalue weighted by Crippen LogP contribution is -2.20. The van der Waals surface area contributed by atoms with Crippen molar-refractivity contribution in [2.75, 3.05) is 4.90 Å². The molecule has 2 aliphatic rings. The first-order chi connectivity index (χ1) is 12.1. The van der Waals surface area contributed by atoms with E-state index in [1.807, 2.05) is 11.8 Å². The highest BCUT2D eigenvalue weighted by Crippen LogP contribution is 2.50. The quantitative estimate of drug-likeness (QED) is 0.578. The molecule has 0 aromatic heterocycles. The Balaban J connectivity index is 1.84. The summed E-state index contributed by atoms with van der Waals surface area (Å²) in [7, 11) is 0. The fourth-order valence-corrected chi connectivity index (χ4v) is 4.30. The van der Waals surface area contributed by atoms with Crippen LogP contribution in [0.1, 0.15) is 20.8 Å². The van der Waals surface area contributed by atoms with Crippen LogP contribution in [0.15, 0.2) is 94.4 Å². The number of benzene rings is 2. The molecule has 126 valence electrons. The Labute approximate surface area is 154 Å². The molecule has 4 rings (SSSR count). The molecule has 1 aliphatic heterocycles. The summed E-state index contributed by atoms with van der Waals surface area (Å²) in [5.41, 5.74) is 3.80. The molecule has 2 aromatic rings. The summed E-state index contributed by atoms with van der Waals surface area (Å²) in [6.45, 7) is 6.86. The minimum Gasteiger partial charge on any atom is -0.308 e. The van der Waals surface area contributed by atoms with Gasteiger partial charge >= 0.3 is 0 Å². The van der Waals surface area contributed by atoms with Crippen LogP contribution in [0.2, 0.25) is 0 Å².